The van der Waals surface area contributed by atoms with Crippen LogP contribution in [0.3, 0.4) is 0 Å². The molecule has 2 fully saturated rings. The summed E-state index contributed by atoms with van der Waals surface area (Å²) in [5.74, 6) is 0.161. The zero-order valence-electron chi connectivity index (χ0n) is 14.9. The summed E-state index contributed by atoms with van der Waals surface area (Å²) >= 11 is 1.44. The fourth-order valence-electron chi connectivity index (χ4n) is 3.33. The summed E-state index contributed by atoms with van der Waals surface area (Å²) in [6.07, 6.45) is 2.22. The van der Waals surface area contributed by atoms with Gasteiger partial charge in [0.15, 0.2) is 15.0 Å². The molecule has 5 nitrogen and oxygen atoms in total. The summed E-state index contributed by atoms with van der Waals surface area (Å²) in [5, 5.41) is 0.599. The molecule has 0 saturated carbocycles. The maximum Gasteiger partial charge on any atom is 0.248 e. The number of fused-ring (bicyclic) bond motifs is 1. The Hall–Kier alpha value is -1.34. The van der Waals surface area contributed by atoms with Crippen molar-refractivity contribution in [3.63, 3.8) is 0 Å². The second-order valence-electron chi connectivity index (χ2n) is 6.78. The van der Waals surface area contributed by atoms with Gasteiger partial charge < -0.3 is 4.90 Å². The third-order valence-electron chi connectivity index (χ3n) is 4.87. The molecule has 3 rings (SSSR count). The minimum absolute atomic E-state index is 0.0531. The Morgan fingerprint density at radius 3 is 2.80 bits per heavy atom. The van der Waals surface area contributed by atoms with Crippen LogP contribution in [0.4, 0.5) is 5.69 Å². The van der Waals surface area contributed by atoms with Gasteiger partial charge >= 0.3 is 0 Å². The van der Waals surface area contributed by atoms with Crippen LogP contribution in [0, 0.1) is 13.8 Å². The highest BCUT2D eigenvalue weighted by Gasteiger charge is 2.49. The molecule has 1 aromatic rings. The Morgan fingerprint density at radius 2 is 2.08 bits per heavy atom. The molecule has 2 aliphatic rings. The number of carbonyl (C=O) groups excluding carboxylic acids is 1. The molecule has 0 bridgehead atoms. The maximum atomic E-state index is 12.2. The van der Waals surface area contributed by atoms with E-state index in [9.17, 15) is 13.2 Å². The molecule has 136 valence electrons. The van der Waals surface area contributed by atoms with Crippen molar-refractivity contribution in [2.24, 2.45) is 4.99 Å². The highest BCUT2D eigenvalue weighted by molar-refractivity contribution is 8.16. The molecule has 0 unspecified atom stereocenters. The molecule has 0 radical (unpaired) electrons. The number of carbonyl (C=O) groups is 1. The predicted octanol–water partition coefficient (Wildman–Crippen LogP) is 3.10. The predicted molar refractivity (Wildman–Crippen MR) is 104 cm³/mol. The fourth-order valence-corrected chi connectivity index (χ4v) is 7.26. The molecule has 7 heteroatoms. The standard InChI is InChI=1S/C18H24N2O3S2/c1-4-5-9-17(21)19-18-20(14-8-6-7-12(2)13(14)3)15-10-25(22,23)11-16(15)24-18/h6-8,15-16H,4-5,9-11H2,1-3H3/t15-,16+/m0/s1. The SMILES string of the molecule is CCCCC(=O)N=C1S[C@@H]2CS(=O)(=O)C[C@@H]2N1c1cccc(C)c1C. The summed E-state index contributed by atoms with van der Waals surface area (Å²) in [4.78, 5) is 18.5. The van der Waals surface area contributed by atoms with Gasteiger partial charge in [-0.1, -0.05) is 37.2 Å². The summed E-state index contributed by atoms with van der Waals surface area (Å²) in [7, 11) is -3.04. The number of anilines is 1. The van der Waals surface area contributed by atoms with Gasteiger partial charge in [0.25, 0.3) is 0 Å². The number of hydrogen-bond donors (Lipinski definition) is 0. The number of aryl methyl sites for hydroxylation is 1. The van der Waals surface area contributed by atoms with Crippen molar-refractivity contribution >= 4 is 38.4 Å². The molecular formula is C18H24N2O3S2. The molecule has 2 atom stereocenters. The molecule has 0 aliphatic carbocycles. The lowest BCUT2D eigenvalue weighted by Crippen LogP contribution is -2.38. The first-order valence-electron chi connectivity index (χ1n) is 8.66. The highest BCUT2D eigenvalue weighted by atomic mass is 32.2. The van der Waals surface area contributed by atoms with Gasteiger partial charge in [-0.2, -0.15) is 4.99 Å². The molecule has 1 aromatic carbocycles. The Morgan fingerprint density at radius 1 is 1.32 bits per heavy atom. The van der Waals surface area contributed by atoms with Gasteiger partial charge in [-0.25, -0.2) is 8.42 Å². The minimum atomic E-state index is -3.04. The number of sulfone groups is 1. The smallest absolute Gasteiger partial charge is 0.248 e. The van der Waals surface area contributed by atoms with Crippen LogP contribution in [0.25, 0.3) is 0 Å². The van der Waals surface area contributed by atoms with Crippen LogP contribution >= 0.6 is 11.8 Å². The Balaban J connectivity index is 2.00. The van der Waals surface area contributed by atoms with Gasteiger partial charge in [0.2, 0.25) is 5.91 Å². The number of amidine groups is 1. The van der Waals surface area contributed by atoms with Crippen LogP contribution in [0.2, 0.25) is 0 Å². The van der Waals surface area contributed by atoms with E-state index in [1.165, 1.54) is 11.8 Å². The van der Waals surface area contributed by atoms with E-state index in [1.807, 2.05) is 43.9 Å². The van der Waals surface area contributed by atoms with Crippen molar-refractivity contribution < 1.29 is 13.2 Å². The Bertz CT molecular complexity index is 818. The normalized spacial score (nSPS) is 26.2. The van der Waals surface area contributed by atoms with Gasteiger partial charge in [-0.3, -0.25) is 4.79 Å². The average Bonchev–Trinajstić information content (AvgIpc) is 2.99. The topological polar surface area (TPSA) is 66.8 Å². The quantitative estimate of drug-likeness (QED) is 0.803. The maximum absolute atomic E-state index is 12.2. The third kappa shape index (κ3) is 3.77. The van der Waals surface area contributed by atoms with Crippen LogP contribution in [0.1, 0.15) is 37.3 Å². The fraction of sp³-hybridized carbons (Fsp3) is 0.556. The van der Waals surface area contributed by atoms with Gasteiger partial charge in [0.05, 0.1) is 17.5 Å². The molecular weight excluding hydrogens is 356 g/mol. The first kappa shape index (κ1) is 18.5. The number of amides is 1. The zero-order valence-corrected chi connectivity index (χ0v) is 16.5. The molecule has 2 heterocycles. The van der Waals surface area contributed by atoms with E-state index in [0.717, 1.165) is 29.7 Å². The Labute approximate surface area is 153 Å². The van der Waals surface area contributed by atoms with Crippen LogP contribution in [0.5, 0.6) is 0 Å². The van der Waals surface area contributed by atoms with Crippen molar-refractivity contribution in [2.75, 3.05) is 16.4 Å². The van der Waals surface area contributed by atoms with Crippen molar-refractivity contribution in [3.05, 3.63) is 29.3 Å². The molecule has 2 aliphatic heterocycles. The summed E-state index contributed by atoms with van der Waals surface area (Å²) in [6, 6.07) is 5.85. The van der Waals surface area contributed by atoms with Crippen LogP contribution in [0.15, 0.2) is 23.2 Å². The van der Waals surface area contributed by atoms with Crippen molar-refractivity contribution in [3.8, 4) is 0 Å². The molecule has 2 saturated heterocycles. The molecule has 0 N–H and O–H groups in total. The van der Waals surface area contributed by atoms with Crippen molar-refractivity contribution in [2.45, 2.75) is 51.3 Å². The second-order valence-corrected chi connectivity index (χ2v) is 10.1. The molecule has 0 spiro atoms. The van der Waals surface area contributed by atoms with Gasteiger partial charge in [-0.15, -0.1) is 0 Å². The highest BCUT2D eigenvalue weighted by Crippen LogP contribution is 2.42. The van der Waals surface area contributed by atoms with E-state index in [4.69, 9.17) is 0 Å². The first-order chi connectivity index (χ1) is 11.8. The lowest BCUT2D eigenvalue weighted by atomic mass is 10.1. The number of thioether (sulfide) groups is 1. The number of nitrogens with zero attached hydrogens (tertiary/aromatic N) is 2. The third-order valence-corrected chi connectivity index (χ3v) is 8.08. The van der Waals surface area contributed by atoms with Crippen LogP contribution in [-0.4, -0.2) is 42.3 Å². The zero-order chi connectivity index (χ0) is 18.2. The van der Waals surface area contributed by atoms with E-state index in [2.05, 4.69) is 4.99 Å². The minimum Gasteiger partial charge on any atom is -0.315 e. The van der Waals surface area contributed by atoms with E-state index in [0.29, 0.717) is 11.6 Å². The van der Waals surface area contributed by atoms with Gasteiger partial charge in [-0.05, 0) is 37.5 Å². The first-order valence-corrected chi connectivity index (χ1v) is 11.4. The number of benzene rings is 1. The molecule has 0 aromatic heterocycles. The van der Waals surface area contributed by atoms with E-state index < -0.39 is 9.84 Å². The number of unbranched alkanes of at least 4 members (excludes halogenated alkanes) is 1. The van der Waals surface area contributed by atoms with E-state index in [-0.39, 0.29) is 28.7 Å². The number of aliphatic imine (C=N–C) groups is 1. The Kier molecular flexibility index (Phi) is 5.25. The lowest BCUT2D eigenvalue weighted by Gasteiger charge is -2.26. The number of rotatable bonds is 4. The van der Waals surface area contributed by atoms with Gasteiger partial charge in [0, 0.05) is 17.4 Å². The summed E-state index contributed by atoms with van der Waals surface area (Å²) < 4.78 is 24.2. The monoisotopic (exact) mass is 380 g/mol. The van der Waals surface area contributed by atoms with Crippen LogP contribution in [-0.2, 0) is 14.6 Å². The number of hydrogen-bond acceptors (Lipinski definition) is 4. The summed E-state index contributed by atoms with van der Waals surface area (Å²) in [5.41, 5.74) is 3.20. The molecule has 25 heavy (non-hydrogen) atoms. The molecule has 1 amide bonds. The largest absolute Gasteiger partial charge is 0.315 e. The van der Waals surface area contributed by atoms with E-state index in [1.54, 1.807) is 0 Å². The van der Waals surface area contributed by atoms with E-state index >= 15 is 0 Å². The average molecular weight is 381 g/mol. The van der Waals surface area contributed by atoms with Crippen molar-refractivity contribution in [1.82, 2.24) is 0 Å². The van der Waals surface area contributed by atoms with Crippen molar-refractivity contribution in [1.29, 1.82) is 0 Å². The second kappa shape index (κ2) is 7.11. The summed E-state index contributed by atoms with van der Waals surface area (Å²) in [6.45, 7) is 6.11. The van der Waals surface area contributed by atoms with Gasteiger partial charge in [0.1, 0.15) is 0 Å². The van der Waals surface area contributed by atoms with Crippen LogP contribution < -0.4 is 4.90 Å². The lowest BCUT2D eigenvalue weighted by molar-refractivity contribution is -0.117.